The summed E-state index contributed by atoms with van der Waals surface area (Å²) in [5.74, 6) is -2.53. The second kappa shape index (κ2) is 9.90. The summed E-state index contributed by atoms with van der Waals surface area (Å²) in [5, 5.41) is 12.9. The van der Waals surface area contributed by atoms with E-state index in [1.165, 1.54) is 5.56 Å². The molecule has 0 atom stereocenters. The fourth-order valence-electron chi connectivity index (χ4n) is 2.64. The van der Waals surface area contributed by atoms with Crippen LogP contribution >= 0.6 is 0 Å². The molecular weight excluding hydrogens is 439 g/mol. The summed E-state index contributed by atoms with van der Waals surface area (Å²) in [6.45, 7) is 2.54. The average molecular weight is 457 g/mol. The van der Waals surface area contributed by atoms with Crippen LogP contribution in [0.3, 0.4) is 0 Å². The molecule has 8 nitrogen and oxygen atoms in total. The van der Waals surface area contributed by atoms with Gasteiger partial charge >= 0.3 is 12.1 Å². The first kappa shape index (κ1) is 23.4. The number of carbonyl (C=O) groups is 2. The van der Waals surface area contributed by atoms with E-state index >= 15 is 0 Å². The van der Waals surface area contributed by atoms with Crippen molar-refractivity contribution in [3.05, 3.63) is 77.2 Å². The molecule has 0 aliphatic carbocycles. The average Bonchev–Trinajstić information content (AvgIpc) is 3.12. The number of aryl methyl sites for hydroxylation is 1. The van der Waals surface area contributed by atoms with Crippen LogP contribution in [0.5, 0.6) is 0 Å². The number of aliphatic carboxylic acids is 1. The number of carbonyl (C=O) groups excluding carboxylic acids is 1. The van der Waals surface area contributed by atoms with Crippen molar-refractivity contribution < 1.29 is 27.9 Å². The fraction of sp³-hybridized carbons (Fsp3) is 0.136. The molecule has 1 aromatic carbocycles. The summed E-state index contributed by atoms with van der Waals surface area (Å²) in [5.41, 5.74) is 5.00. The van der Waals surface area contributed by atoms with Gasteiger partial charge in [-0.25, -0.2) is 14.8 Å². The summed E-state index contributed by atoms with van der Waals surface area (Å²) in [7, 11) is 0. The van der Waals surface area contributed by atoms with Crippen molar-refractivity contribution in [2.75, 3.05) is 0 Å². The number of fused-ring (bicyclic) bond motifs is 1. The molecule has 4 rings (SSSR count). The Balaban J connectivity index is 0.000000383. The Labute approximate surface area is 185 Å². The monoisotopic (exact) mass is 457 g/mol. The number of hydrogen-bond donors (Lipinski definition) is 3. The van der Waals surface area contributed by atoms with Crippen LogP contribution in [0.2, 0.25) is 0 Å². The van der Waals surface area contributed by atoms with E-state index in [9.17, 15) is 18.0 Å². The Morgan fingerprint density at radius 3 is 2.45 bits per heavy atom. The number of rotatable bonds is 3. The standard InChI is InChI=1S/C20H17N5O.C2HF3O2/c1-13-4-6-14(7-5-13)12-22-20-24-18(19(26)25-20)11-15-8-9-16-17(23-15)3-2-10-21-16;3-2(4,5)1(6)7/h2-11H,12H2,1H3,(H2,22,24,25,26);(H,6,7)/b18-11-;. The number of pyridine rings is 2. The van der Waals surface area contributed by atoms with E-state index in [1.807, 2.05) is 55.5 Å². The van der Waals surface area contributed by atoms with Gasteiger partial charge in [0, 0.05) is 6.20 Å². The van der Waals surface area contributed by atoms with Crippen LogP contribution in [0.15, 0.2) is 65.4 Å². The smallest absolute Gasteiger partial charge is 0.475 e. The van der Waals surface area contributed by atoms with Gasteiger partial charge in [0.2, 0.25) is 5.96 Å². The maximum atomic E-state index is 12.1. The number of benzene rings is 1. The molecule has 11 heteroatoms. The Morgan fingerprint density at radius 1 is 1.09 bits per heavy atom. The predicted octanol–water partition coefficient (Wildman–Crippen LogP) is 3.19. The highest BCUT2D eigenvalue weighted by molar-refractivity contribution is 6.15. The van der Waals surface area contributed by atoms with Crippen LogP contribution in [0.4, 0.5) is 13.2 Å². The van der Waals surface area contributed by atoms with Crippen molar-refractivity contribution in [1.29, 1.82) is 0 Å². The number of amides is 1. The van der Waals surface area contributed by atoms with Crippen LogP contribution in [-0.2, 0) is 16.1 Å². The first-order valence-electron chi connectivity index (χ1n) is 9.54. The molecule has 0 bridgehead atoms. The molecule has 0 unspecified atom stereocenters. The molecule has 0 saturated carbocycles. The van der Waals surface area contributed by atoms with Gasteiger partial charge in [-0.15, -0.1) is 0 Å². The SMILES string of the molecule is Cc1ccc(CN=C2NC(=O)/C(=C/c3ccc4ncccc4n3)N2)cc1.O=C(O)C(F)(F)F. The molecule has 1 amide bonds. The quantitative estimate of drug-likeness (QED) is 0.520. The van der Waals surface area contributed by atoms with Gasteiger partial charge in [0.1, 0.15) is 5.70 Å². The highest BCUT2D eigenvalue weighted by Crippen LogP contribution is 2.14. The third-order valence-corrected chi connectivity index (χ3v) is 4.28. The number of hydrogen-bond acceptors (Lipinski definition) is 5. The van der Waals surface area contributed by atoms with Crippen molar-refractivity contribution in [1.82, 2.24) is 20.6 Å². The molecule has 0 spiro atoms. The van der Waals surface area contributed by atoms with Crippen LogP contribution < -0.4 is 10.6 Å². The number of aromatic nitrogens is 2. The maximum absolute atomic E-state index is 12.1. The van der Waals surface area contributed by atoms with Gasteiger partial charge in [-0.05, 0) is 42.8 Å². The Hall–Kier alpha value is -4.28. The third kappa shape index (κ3) is 6.60. The maximum Gasteiger partial charge on any atom is 0.490 e. The molecule has 2 aromatic heterocycles. The molecule has 1 aliphatic heterocycles. The van der Waals surface area contributed by atoms with E-state index in [0.717, 1.165) is 16.6 Å². The van der Waals surface area contributed by atoms with Crippen LogP contribution in [0.25, 0.3) is 17.1 Å². The van der Waals surface area contributed by atoms with Gasteiger partial charge in [0.15, 0.2) is 0 Å². The number of halogens is 3. The summed E-state index contributed by atoms with van der Waals surface area (Å²) in [6.07, 6.45) is -1.65. The number of alkyl halides is 3. The minimum absolute atomic E-state index is 0.222. The van der Waals surface area contributed by atoms with E-state index in [2.05, 4.69) is 25.6 Å². The Bertz CT molecular complexity index is 1240. The van der Waals surface area contributed by atoms with Crippen molar-refractivity contribution >= 4 is 34.9 Å². The highest BCUT2D eigenvalue weighted by atomic mass is 19.4. The molecule has 3 aromatic rings. The fourth-order valence-corrected chi connectivity index (χ4v) is 2.64. The third-order valence-electron chi connectivity index (χ3n) is 4.28. The lowest BCUT2D eigenvalue weighted by Gasteiger charge is -2.00. The lowest BCUT2D eigenvalue weighted by molar-refractivity contribution is -0.192. The number of nitrogens with zero attached hydrogens (tertiary/aromatic N) is 3. The minimum Gasteiger partial charge on any atom is -0.475 e. The number of aliphatic imine (C=N–C) groups is 1. The summed E-state index contributed by atoms with van der Waals surface area (Å²) < 4.78 is 31.7. The van der Waals surface area contributed by atoms with Gasteiger partial charge in [-0.3, -0.25) is 15.1 Å². The lowest BCUT2D eigenvalue weighted by atomic mass is 10.1. The zero-order valence-electron chi connectivity index (χ0n) is 17.2. The molecule has 1 saturated heterocycles. The van der Waals surface area contributed by atoms with E-state index < -0.39 is 12.1 Å². The number of carboxylic acid groups (broad SMARTS) is 1. The molecule has 3 N–H and O–H groups in total. The van der Waals surface area contributed by atoms with Gasteiger partial charge < -0.3 is 10.4 Å². The molecule has 170 valence electrons. The molecule has 1 aliphatic rings. The first-order valence-corrected chi connectivity index (χ1v) is 9.54. The molecule has 1 fully saturated rings. The van der Waals surface area contributed by atoms with Gasteiger partial charge in [-0.2, -0.15) is 13.2 Å². The predicted molar refractivity (Wildman–Crippen MR) is 115 cm³/mol. The summed E-state index contributed by atoms with van der Waals surface area (Å²) in [4.78, 5) is 34.2. The first-order chi connectivity index (χ1) is 15.6. The minimum atomic E-state index is -5.08. The van der Waals surface area contributed by atoms with Gasteiger partial charge in [-0.1, -0.05) is 29.8 Å². The van der Waals surface area contributed by atoms with E-state index in [-0.39, 0.29) is 5.91 Å². The zero-order chi connectivity index (χ0) is 24.0. The normalized spacial score (nSPS) is 15.7. The van der Waals surface area contributed by atoms with E-state index in [0.29, 0.717) is 23.9 Å². The van der Waals surface area contributed by atoms with Crippen LogP contribution in [0.1, 0.15) is 16.8 Å². The molecule has 3 heterocycles. The van der Waals surface area contributed by atoms with E-state index in [1.54, 1.807) is 12.3 Å². The summed E-state index contributed by atoms with van der Waals surface area (Å²) >= 11 is 0. The lowest BCUT2D eigenvalue weighted by Crippen LogP contribution is -2.25. The second-order valence-electron chi connectivity index (χ2n) is 6.87. The molecular formula is C22H18F3N5O3. The zero-order valence-corrected chi connectivity index (χ0v) is 17.2. The van der Waals surface area contributed by atoms with Gasteiger partial charge in [0.25, 0.3) is 5.91 Å². The van der Waals surface area contributed by atoms with Crippen LogP contribution in [-0.4, -0.2) is 39.1 Å². The van der Waals surface area contributed by atoms with Crippen molar-refractivity contribution in [3.8, 4) is 0 Å². The number of nitrogens with one attached hydrogen (secondary N) is 2. The molecule has 0 radical (unpaired) electrons. The van der Waals surface area contributed by atoms with Gasteiger partial charge in [0.05, 0.1) is 23.3 Å². The second-order valence-corrected chi connectivity index (χ2v) is 6.87. The number of carboxylic acids is 1. The van der Waals surface area contributed by atoms with Crippen molar-refractivity contribution in [2.45, 2.75) is 19.6 Å². The highest BCUT2D eigenvalue weighted by Gasteiger charge is 2.38. The topological polar surface area (TPSA) is 117 Å². The van der Waals surface area contributed by atoms with Crippen LogP contribution in [0, 0.1) is 6.92 Å². The summed E-state index contributed by atoms with van der Waals surface area (Å²) in [6, 6.07) is 15.6. The van der Waals surface area contributed by atoms with E-state index in [4.69, 9.17) is 9.90 Å². The van der Waals surface area contributed by atoms with Crippen molar-refractivity contribution in [3.63, 3.8) is 0 Å². The Morgan fingerprint density at radius 2 is 1.79 bits per heavy atom. The molecule has 33 heavy (non-hydrogen) atoms. The Kier molecular flexibility index (Phi) is 7.01. The number of guanidine groups is 1. The van der Waals surface area contributed by atoms with Crippen molar-refractivity contribution in [2.24, 2.45) is 4.99 Å². The largest absolute Gasteiger partial charge is 0.490 e.